The van der Waals surface area contributed by atoms with Gasteiger partial charge in [0.2, 0.25) is 0 Å². The van der Waals surface area contributed by atoms with Gasteiger partial charge in [-0.2, -0.15) is 0 Å². The molecule has 0 spiro atoms. The van der Waals surface area contributed by atoms with E-state index < -0.39 is 0 Å². The Balaban J connectivity index is 1.97. The van der Waals surface area contributed by atoms with E-state index in [2.05, 4.69) is 4.90 Å². The van der Waals surface area contributed by atoms with Crippen molar-refractivity contribution in [2.24, 2.45) is 0 Å². The second-order valence-corrected chi connectivity index (χ2v) is 4.05. The summed E-state index contributed by atoms with van der Waals surface area (Å²) in [4.78, 5) is 13.4. The van der Waals surface area contributed by atoms with Crippen LogP contribution in [-0.4, -0.2) is 37.0 Å². The Labute approximate surface area is 84.7 Å². The highest BCUT2D eigenvalue weighted by molar-refractivity contribution is 5.92. The molecule has 0 aromatic carbocycles. The third-order valence-electron chi connectivity index (χ3n) is 3.07. The van der Waals surface area contributed by atoms with Crippen LogP contribution in [-0.2, 0) is 9.53 Å². The fourth-order valence-electron chi connectivity index (χ4n) is 2.22. The lowest BCUT2D eigenvalue weighted by molar-refractivity contribution is -0.114. The van der Waals surface area contributed by atoms with Crippen molar-refractivity contribution in [2.45, 2.75) is 31.8 Å². The summed E-state index contributed by atoms with van der Waals surface area (Å²) in [6.45, 7) is 2.04. The molecule has 1 saturated heterocycles. The zero-order chi connectivity index (χ0) is 9.97. The molecule has 0 aromatic heterocycles. The van der Waals surface area contributed by atoms with Gasteiger partial charge in [0, 0.05) is 38.4 Å². The van der Waals surface area contributed by atoms with Crippen LogP contribution in [0.15, 0.2) is 11.8 Å². The molecule has 1 aliphatic carbocycles. The number of methoxy groups -OCH3 is 1. The van der Waals surface area contributed by atoms with E-state index in [1.807, 2.05) is 0 Å². The fourth-order valence-corrected chi connectivity index (χ4v) is 2.22. The average molecular weight is 195 g/mol. The highest BCUT2D eigenvalue weighted by Gasteiger charge is 2.24. The molecule has 14 heavy (non-hydrogen) atoms. The van der Waals surface area contributed by atoms with Crippen molar-refractivity contribution in [3.05, 3.63) is 11.8 Å². The van der Waals surface area contributed by atoms with Crippen molar-refractivity contribution in [2.75, 3.05) is 20.2 Å². The van der Waals surface area contributed by atoms with Gasteiger partial charge in [-0.05, 0) is 19.3 Å². The van der Waals surface area contributed by atoms with Crippen molar-refractivity contribution in [1.29, 1.82) is 0 Å². The lowest BCUT2D eigenvalue weighted by Gasteiger charge is -2.34. The van der Waals surface area contributed by atoms with Gasteiger partial charge in [-0.15, -0.1) is 0 Å². The van der Waals surface area contributed by atoms with E-state index in [4.69, 9.17) is 4.74 Å². The van der Waals surface area contributed by atoms with E-state index in [9.17, 15) is 4.79 Å². The average Bonchev–Trinajstić information content (AvgIpc) is 2.65. The van der Waals surface area contributed by atoms with Crippen LogP contribution in [0.4, 0.5) is 0 Å². The molecule has 2 rings (SSSR count). The van der Waals surface area contributed by atoms with Gasteiger partial charge in [0.15, 0.2) is 5.78 Å². The number of carbonyl (C=O) groups is 1. The standard InChI is InChI=1S/C11H17NO2/c1-14-11-3-2-6-12(8-11)9-4-5-10(13)7-9/h7,11H,2-6,8H2,1H3. The number of carbonyl (C=O) groups excluding carboxylic acids is 1. The summed E-state index contributed by atoms with van der Waals surface area (Å²) >= 11 is 0. The Hall–Kier alpha value is -0.830. The molecule has 0 bridgehead atoms. The molecule has 0 saturated carbocycles. The molecule has 2 aliphatic rings. The van der Waals surface area contributed by atoms with Crippen molar-refractivity contribution in [3.63, 3.8) is 0 Å². The number of likely N-dealkylation sites (tertiary alicyclic amines) is 1. The molecule has 0 aromatic rings. The molecular formula is C11H17NO2. The summed E-state index contributed by atoms with van der Waals surface area (Å²) in [5.74, 6) is 0.277. The summed E-state index contributed by atoms with van der Waals surface area (Å²) in [6.07, 6.45) is 6.09. The summed E-state index contributed by atoms with van der Waals surface area (Å²) in [5, 5.41) is 0. The Morgan fingerprint density at radius 3 is 3.00 bits per heavy atom. The van der Waals surface area contributed by atoms with Crippen molar-refractivity contribution in [3.8, 4) is 0 Å². The van der Waals surface area contributed by atoms with E-state index >= 15 is 0 Å². The Morgan fingerprint density at radius 1 is 1.50 bits per heavy atom. The van der Waals surface area contributed by atoms with Crippen LogP contribution in [0.2, 0.25) is 0 Å². The minimum Gasteiger partial charge on any atom is -0.380 e. The fraction of sp³-hybridized carbons (Fsp3) is 0.727. The maximum absolute atomic E-state index is 11.1. The zero-order valence-corrected chi connectivity index (χ0v) is 8.66. The predicted octanol–water partition coefficient (Wildman–Crippen LogP) is 1.34. The Bertz CT molecular complexity index is 260. The third kappa shape index (κ3) is 1.98. The number of rotatable bonds is 2. The molecule has 1 fully saturated rings. The highest BCUT2D eigenvalue weighted by Crippen LogP contribution is 2.23. The second-order valence-electron chi connectivity index (χ2n) is 4.05. The maximum Gasteiger partial charge on any atom is 0.157 e. The Kier molecular flexibility index (Phi) is 2.87. The molecule has 0 N–H and O–H groups in total. The molecule has 1 unspecified atom stereocenters. The first kappa shape index (κ1) is 9.71. The number of nitrogens with zero attached hydrogens (tertiary/aromatic N) is 1. The SMILES string of the molecule is COC1CCCN(C2=CC(=O)CC2)C1. The zero-order valence-electron chi connectivity index (χ0n) is 8.66. The first-order chi connectivity index (χ1) is 6.79. The molecule has 3 nitrogen and oxygen atoms in total. The van der Waals surface area contributed by atoms with Crippen LogP contribution >= 0.6 is 0 Å². The first-order valence-electron chi connectivity index (χ1n) is 5.31. The van der Waals surface area contributed by atoms with Crippen LogP contribution < -0.4 is 0 Å². The van der Waals surface area contributed by atoms with E-state index in [-0.39, 0.29) is 5.78 Å². The van der Waals surface area contributed by atoms with Crippen molar-refractivity contribution >= 4 is 5.78 Å². The quantitative estimate of drug-likeness (QED) is 0.666. The number of hydrogen-bond donors (Lipinski definition) is 0. The highest BCUT2D eigenvalue weighted by atomic mass is 16.5. The van der Waals surface area contributed by atoms with E-state index in [0.29, 0.717) is 12.5 Å². The van der Waals surface area contributed by atoms with Crippen LogP contribution in [0.25, 0.3) is 0 Å². The van der Waals surface area contributed by atoms with Crippen LogP contribution in [0.5, 0.6) is 0 Å². The molecule has 1 heterocycles. The monoisotopic (exact) mass is 195 g/mol. The number of ether oxygens (including phenoxy) is 1. The van der Waals surface area contributed by atoms with Crippen LogP contribution in [0.1, 0.15) is 25.7 Å². The number of allylic oxidation sites excluding steroid dienone is 2. The lowest BCUT2D eigenvalue weighted by Crippen LogP contribution is -2.38. The molecule has 0 radical (unpaired) electrons. The van der Waals surface area contributed by atoms with E-state index in [1.54, 1.807) is 13.2 Å². The van der Waals surface area contributed by atoms with Gasteiger partial charge in [-0.1, -0.05) is 0 Å². The summed E-state index contributed by atoms with van der Waals surface area (Å²) in [7, 11) is 1.77. The van der Waals surface area contributed by atoms with Gasteiger partial charge in [0.25, 0.3) is 0 Å². The smallest absolute Gasteiger partial charge is 0.157 e. The van der Waals surface area contributed by atoms with Crippen molar-refractivity contribution in [1.82, 2.24) is 4.90 Å². The molecule has 1 atom stereocenters. The van der Waals surface area contributed by atoms with Gasteiger partial charge >= 0.3 is 0 Å². The van der Waals surface area contributed by atoms with Gasteiger partial charge in [0.05, 0.1) is 6.10 Å². The first-order valence-corrected chi connectivity index (χ1v) is 5.31. The van der Waals surface area contributed by atoms with Crippen LogP contribution in [0, 0.1) is 0 Å². The number of piperidine rings is 1. The third-order valence-corrected chi connectivity index (χ3v) is 3.07. The van der Waals surface area contributed by atoms with E-state index in [0.717, 1.165) is 25.9 Å². The largest absolute Gasteiger partial charge is 0.380 e. The summed E-state index contributed by atoms with van der Waals surface area (Å²) in [6, 6.07) is 0. The maximum atomic E-state index is 11.1. The van der Waals surface area contributed by atoms with Gasteiger partial charge < -0.3 is 9.64 Å². The molecule has 1 aliphatic heterocycles. The lowest BCUT2D eigenvalue weighted by atomic mass is 10.1. The molecule has 0 amide bonds. The molecule has 3 heteroatoms. The van der Waals surface area contributed by atoms with Gasteiger partial charge in [-0.3, -0.25) is 4.79 Å². The molecule has 78 valence electrons. The minimum atomic E-state index is 0.277. The summed E-state index contributed by atoms with van der Waals surface area (Å²) < 4.78 is 5.35. The van der Waals surface area contributed by atoms with E-state index in [1.165, 1.54) is 12.1 Å². The predicted molar refractivity (Wildman–Crippen MR) is 53.9 cm³/mol. The van der Waals surface area contributed by atoms with Crippen LogP contribution in [0.3, 0.4) is 0 Å². The number of hydrogen-bond acceptors (Lipinski definition) is 3. The normalized spacial score (nSPS) is 28.1. The van der Waals surface area contributed by atoms with Gasteiger partial charge in [0.1, 0.15) is 0 Å². The Morgan fingerprint density at radius 2 is 2.36 bits per heavy atom. The second kappa shape index (κ2) is 4.13. The number of ketones is 1. The minimum absolute atomic E-state index is 0.277. The topological polar surface area (TPSA) is 29.5 Å². The van der Waals surface area contributed by atoms with Gasteiger partial charge in [-0.25, -0.2) is 0 Å². The summed E-state index contributed by atoms with van der Waals surface area (Å²) in [5.41, 5.74) is 1.22. The van der Waals surface area contributed by atoms with Crippen molar-refractivity contribution < 1.29 is 9.53 Å². The molecular weight excluding hydrogens is 178 g/mol.